The van der Waals surface area contributed by atoms with Crippen molar-refractivity contribution in [2.75, 3.05) is 6.54 Å². The van der Waals surface area contributed by atoms with Crippen LogP contribution in [0.5, 0.6) is 0 Å². The predicted molar refractivity (Wildman–Crippen MR) is 77.2 cm³/mol. The number of nitrogens with one attached hydrogen (secondary N) is 1. The van der Waals surface area contributed by atoms with Crippen LogP contribution in [0.1, 0.15) is 44.2 Å². The molecule has 0 fully saturated rings. The molecule has 0 aliphatic rings. The lowest BCUT2D eigenvalue weighted by molar-refractivity contribution is -0.384. The van der Waals surface area contributed by atoms with Crippen molar-refractivity contribution in [3.05, 3.63) is 39.9 Å². The number of nitro groups is 1. The minimum absolute atomic E-state index is 0.0628. The maximum atomic E-state index is 10.8. The quantitative estimate of drug-likeness (QED) is 0.411. The van der Waals surface area contributed by atoms with Crippen LogP contribution in [0.15, 0.2) is 24.3 Å². The lowest BCUT2D eigenvalue weighted by atomic mass is 10.0. The summed E-state index contributed by atoms with van der Waals surface area (Å²) in [6, 6.07) is 6.73. The molecule has 1 aromatic rings. The van der Waals surface area contributed by atoms with E-state index in [2.05, 4.69) is 12.2 Å². The number of nitrogens with zero attached hydrogens (tertiary/aromatic N) is 1. The topological polar surface area (TPSA) is 98.3 Å². The number of nitrogens with two attached hydrogens (primary N) is 1. The Bertz CT molecular complexity index is 463. The van der Waals surface area contributed by atoms with Gasteiger partial charge in [0.2, 0.25) is 5.91 Å². The van der Waals surface area contributed by atoms with Crippen LogP contribution >= 0.6 is 0 Å². The summed E-state index contributed by atoms with van der Waals surface area (Å²) in [5.74, 6) is -0.311. The van der Waals surface area contributed by atoms with Crippen LogP contribution in [0.3, 0.4) is 0 Å². The number of benzene rings is 1. The molecule has 0 aromatic heterocycles. The van der Waals surface area contributed by atoms with Gasteiger partial charge < -0.3 is 11.1 Å². The lowest BCUT2D eigenvalue weighted by Gasteiger charge is -2.18. The van der Waals surface area contributed by atoms with Gasteiger partial charge >= 0.3 is 0 Å². The smallest absolute Gasteiger partial charge is 0.269 e. The largest absolute Gasteiger partial charge is 0.370 e. The zero-order chi connectivity index (χ0) is 15.0. The molecule has 1 atom stereocenters. The van der Waals surface area contributed by atoms with E-state index in [1.807, 2.05) is 6.07 Å². The molecule has 0 bridgehead atoms. The van der Waals surface area contributed by atoms with Crippen LogP contribution in [-0.2, 0) is 4.79 Å². The fourth-order valence-corrected chi connectivity index (χ4v) is 2.07. The van der Waals surface area contributed by atoms with Gasteiger partial charge in [0.25, 0.3) is 5.69 Å². The molecule has 1 amide bonds. The number of non-ortho nitro benzene ring substituents is 1. The molecule has 0 spiro atoms. The third-order valence-electron chi connectivity index (χ3n) is 3.05. The van der Waals surface area contributed by atoms with E-state index in [1.54, 1.807) is 12.1 Å². The van der Waals surface area contributed by atoms with Crippen molar-refractivity contribution in [2.24, 2.45) is 5.73 Å². The fourth-order valence-electron chi connectivity index (χ4n) is 2.07. The van der Waals surface area contributed by atoms with Crippen LogP contribution in [-0.4, -0.2) is 17.4 Å². The number of primary amides is 1. The Morgan fingerprint density at radius 3 is 2.85 bits per heavy atom. The molecule has 6 nitrogen and oxygen atoms in total. The molecule has 6 heteroatoms. The number of carbonyl (C=O) groups excluding carboxylic acids is 1. The van der Waals surface area contributed by atoms with Crippen molar-refractivity contribution in [3.63, 3.8) is 0 Å². The fraction of sp³-hybridized carbons (Fsp3) is 0.500. The second-order valence-corrected chi connectivity index (χ2v) is 4.72. The highest BCUT2D eigenvalue weighted by Crippen LogP contribution is 2.22. The maximum Gasteiger partial charge on any atom is 0.269 e. The highest BCUT2D eigenvalue weighted by Gasteiger charge is 2.13. The summed E-state index contributed by atoms with van der Waals surface area (Å²) in [5, 5.41) is 14.1. The molecule has 20 heavy (non-hydrogen) atoms. The van der Waals surface area contributed by atoms with Crippen molar-refractivity contribution in [3.8, 4) is 0 Å². The average Bonchev–Trinajstić information content (AvgIpc) is 2.42. The summed E-state index contributed by atoms with van der Waals surface area (Å²) in [6.45, 7) is 2.73. The number of amides is 1. The first kappa shape index (κ1) is 16.1. The number of hydrogen-bond acceptors (Lipinski definition) is 4. The molecule has 110 valence electrons. The van der Waals surface area contributed by atoms with E-state index >= 15 is 0 Å². The summed E-state index contributed by atoms with van der Waals surface area (Å²) < 4.78 is 0. The Hall–Kier alpha value is -1.95. The number of carbonyl (C=O) groups is 1. The van der Waals surface area contributed by atoms with E-state index in [-0.39, 0.29) is 22.6 Å². The highest BCUT2D eigenvalue weighted by atomic mass is 16.6. The summed E-state index contributed by atoms with van der Waals surface area (Å²) in [5.41, 5.74) is 6.09. The molecular weight excluding hydrogens is 258 g/mol. The summed E-state index contributed by atoms with van der Waals surface area (Å²) in [6.07, 6.45) is 2.87. The van der Waals surface area contributed by atoms with Gasteiger partial charge in [-0.25, -0.2) is 0 Å². The molecular formula is C14H21N3O3. The molecule has 1 unspecified atom stereocenters. The zero-order valence-corrected chi connectivity index (χ0v) is 11.7. The zero-order valence-electron chi connectivity index (χ0n) is 11.7. The Labute approximate surface area is 118 Å². The van der Waals surface area contributed by atoms with Gasteiger partial charge in [-0.1, -0.05) is 25.5 Å². The SMILES string of the molecule is CCCC(NCCCC(N)=O)c1cccc([N+](=O)[O-])c1. The number of hydrogen-bond donors (Lipinski definition) is 2. The van der Waals surface area contributed by atoms with Gasteiger partial charge in [0.15, 0.2) is 0 Å². The predicted octanol–water partition coefficient (Wildman–Crippen LogP) is 2.29. The third-order valence-corrected chi connectivity index (χ3v) is 3.05. The second-order valence-electron chi connectivity index (χ2n) is 4.72. The van der Waals surface area contributed by atoms with Crippen molar-refractivity contribution in [1.82, 2.24) is 5.32 Å². The van der Waals surface area contributed by atoms with Crippen LogP contribution in [0.25, 0.3) is 0 Å². The van der Waals surface area contributed by atoms with Gasteiger partial charge in [0.05, 0.1) is 4.92 Å². The molecule has 0 heterocycles. The van der Waals surface area contributed by atoms with E-state index in [1.165, 1.54) is 6.07 Å². The highest BCUT2D eigenvalue weighted by molar-refractivity contribution is 5.73. The molecule has 0 aliphatic heterocycles. The van der Waals surface area contributed by atoms with Crippen LogP contribution < -0.4 is 11.1 Å². The molecule has 0 saturated heterocycles. The second kappa shape index (κ2) is 8.27. The van der Waals surface area contributed by atoms with Crippen molar-refractivity contribution in [2.45, 2.75) is 38.6 Å². The van der Waals surface area contributed by atoms with Crippen molar-refractivity contribution in [1.29, 1.82) is 0 Å². The lowest BCUT2D eigenvalue weighted by Crippen LogP contribution is -2.23. The average molecular weight is 279 g/mol. The number of rotatable bonds is 9. The van der Waals surface area contributed by atoms with E-state index < -0.39 is 0 Å². The molecule has 1 aromatic carbocycles. The van der Waals surface area contributed by atoms with E-state index in [9.17, 15) is 14.9 Å². The molecule has 0 saturated carbocycles. The first-order chi connectivity index (χ1) is 9.54. The molecule has 0 aliphatic carbocycles. The van der Waals surface area contributed by atoms with E-state index in [0.717, 1.165) is 18.4 Å². The van der Waals surface area contributed by atoms with Gasteiger partial charge in [-0.05, 0) is 24.9 Å². The van der Waals surface area contributed by atoms with Crippen molar-refractivity contribution < 1.29 is 9.72 Å². The third kappa shape index (κ3) is 5.36. The van der Waals surface area contributed by atoms with Crippen LogP contribution in [0.2, 0.25) is 0 Å². The first-order valence-electron chi connectivity index (χ1n) is 6.80. The van der Waals surface area contributed by atoms with E-state index in [0.29, 0.717) is 19.4 Å². The van der Waals surface area contributed by atoms with Crippen LogP contribution in [0.4, 0.5) is 5.69 Å². The summed E-state index contributed by atoms with van der Waals surface area (Å²) in [4.78, 5) is 21.1. The van der Waals surface area contributed by atoms with E-state index in [4.69, 9.17) is 5.73 Å². The Morgan fingerprint density at radius 2 is 2.25 bits per heavy atom. The summed E-state index contributed by atoms with van der Waals surface area (Å²) in [7, 11) is 0. The van der Waals surface area contributed by atoms with Gasteiger partial charge in [-0.3, -0.25) is 14.9 Å². The molecule has 0 radical (unpaired) electrons. The van der Waals surface area contributed by atoms with Gasteiger partial charge in [-0.2, -0.15) is 0 Å². The molecule has 3 N–H and O–H groups in total. The minimum Gasteiger partial charge on any atom is -0.370 e. The van der Waals surface area contributed by atoms with Crippen LogP contribution in [0, 0.1) is 10.1 Å². The monoisotopic (exact) mass is 279 g/mol. The van der Waals surface area contributed by atoms with Gasteiger partial charge in [-0.15, -0.1) is 0 Å². The van der Waals surface area contributed by atoms with Crippen molar-refractivity contribution >= 4 is 11.6 Å². The molecule has 1 rings (SSSR count). The minimum atomic E-state index is -0.389. The Kier molecular flexibility index (Phi) is 6.66. The number of nitro benzene ring substituents is 1. The van der Waals surface area contributed by atoms with Gasteiger partial charge in [0, 0.05) is 24.6 Å². The standard InChI is InChI=1S/C14H21N3O3/c1-2-5-13(16-9-4-8-14(15)18)11-6-3-7-12(10-11)17(19)20/h3,6-7,10,13,16H,2,4-5,8-9H2,1H3,(H2,15,18). The Morgan fingerprint density at radius 1 is 1.50 bits per heavy atom. The Balaban J connectivity index is 2.67. The van der Waals surface area contributed by atoms with Gasteiger partial charge in [0.1, 0.15) is 0 Å². The first-order valence-corrected chi connectivity index (χ1v) is 6.80. The normalized spacial score (nSPS) is 12.1. The summed E-state index contributed by atoms with van der Waals surface area (Å²) >= 11 is 0. The maximum absolute atomic E-state index is 10.8.